The number of ether oxygens (including phenoxy) is 1. The molecule has 0 saturated heterocycles. The van der Waals surface area contributed by atoms with E-state index in [0.717, 1.165) is 29.2 Å². The summed E-state index contributed by atoms with van der Waals surface area (Å²) in [6.45, 7) is 1.16. The van der Waals surface area contributed by atoms with E-state index in [9.17, 15) is 30.8 Å². The van der Waals surface area contributed by atoms with E-state index in [1.165, 1.54) is 33.2 Å². The molecule has 1 N–H and O–H groups in total. The average Bonchev–Trinajstić information content (AvgIpc) is 2.66. The summed E-state index contributed by atoms with van der Waals surface area (Å²) in [5, 5.41) is 0. The first kappa shape index (κ1) is 23.6. The van der Waals surface area contributed by atoms with Crippen LogP contribution < -0.4 is 9.46 Å². The third-order valence-corrected chi connectivity index (χ3v) is 5.80. The first-order valence-electron chi connectivity index (χ1n) is 8.62. The van der Waals surface area contributed by atoms with Crippen LogP contribution in [0.1, 0.15) is 18.1 Å². The largest absolute Gasteiger partial charge is 0.494 e. The molecule has 0 spiro atoms. The normalized spacial score (nSPS) is 13.0. The zero-order valence-electron chi connectivity index (χ0n) is 16.3. The Labute approximate surface area is 171 Å². The minimum Gasteiger partial charge on any atom is -0.494 e. The molecule has 2 rings (SSSR count). The molecule has 0 radical (unpaired) electrons. The first-order chi connectivity index (χ1) is 13.9. The van der Waals surface area contributed by atoms with Crippen molar-refractivity contribution in [3.05, 3.63) is 59.4 Å². The first-order valence-corrected chi connectivity index (χ1v) is 10.1. The number of amides is 1. The summed E-state index contributed by atoms with van der Waals surface area (Å²) in [5.74, 6) is -1.31. The lowest BCUT2D eigenvalue weighted by Gasteiger charge is -2.23. The topological polar surface area (TPSA) is 75.7 Å². The Hall–Kier alpha value is -2.66. The molecule has 0 saturated carbocycles. The third-order valence-electron chi connectivity index (χ3n) is 4.20. The number of carbonyl (C=O) groups excluding carboxylic acids is 1. The molecule has 0 aliphatic carbocycles. The fraction of sp³-hybridized carbons (Fsp3) is 0.316. The molecule has 0 unspecified atom stereocenters. The molecule has 1 amide bonds. The lowest BCUT2D eigenvalue weighted by atomic mass is 10.2. The second-order valence-electron chi connectivity index (χ2n) is 6.50. The monoisotopic (exact) mass is 448 g/mol. The molecule has 11 heteroatoms. The highest BCUT2D eigenvalue weighted by Crippen LogP contribution is 2.34. The van der Waals surface area contributed by atoms with E-state index in [1.54, 1.807) is 0 Å². The summed E-state index contributed by atoms with van der Waals surface area (Å²) in [5.41, 5.74) is -0.916. The number of alkyl halides is 3. The number of halogens is 4. The highest BCUT2D eigenvalue weighted by Gasteiger charge is 2.37. The molecule has 1 atom stereocenters. The maximum atomic E-state index is 13.8. The van der Waals surface area contributed by atoms with Gasteiger partial charge in [-0.2, -0.15) is 17.9 Å². The number of sulfonamides is 1. The van der Waals surface area contributed by atoms with Gasteiger partial charge in [0.1, 0.15) is 0 Å². The molecule has 2 aromatic carbocycles. The van der Waals surface area contributed by atoms with Gasteiger partial charge in [-0.05, 0) is 36.8 Å². The predicted octanol–water partition coefficient (Wildman–Crippen LogP) is 3.18. The van der Waals surface area contributed by atoms with E-state index in [4.69, 9.17) is 4.74 Å². The van der Waals surface area contributed by atoms with Gasteiger partial charge in [0.15, 0.2) is 11.6 Å². The van der Waals surface area contributed by atoms with E-state index in [2.05, 4.69) is 0 Å². The van der Waals surface area contributed by atoms with Gasteiger partial charge < -0.3 is 9.64 Å². The summed E-state index contributed by atoms with van der Waals surface area (Å²) in [6, 6.07) is 6.39. The summed E-state index contributed by atoms with van der Waals surface area (Å²) >= 11 is 0. The van der Waals surface area contributed by atoms with Crippen molar-refractivity contribution in [3.8, 4) is 5.75 Å². The molecule has 0 fully saturated rings. The van der Waals surface area contributed by atoms with Crippen LogP contribution in [0.15, 0.2) is 47.4 Å². The zero-order valence-corrected chi connectivity index (χ0v) is 17.1. The molecule has 30 heavy (non-hydrogen) atoms. The molecule has 6 nitrogen and oxygen atoms in total. The van der Waals surface area contributed by atoms with Crippen molar-refractivity contribution in [2.75, 3.05) is 14.2 Å². The molecular weight excluding hydrogens is 428 g/mol. The zero-order chi connectivity index (χ0) is 22.7. The Bertz CT molecular complexity index is 1030. The van der Waals surface area contributed by atoms with E-state index in [0.29, 0.717) is 11.6 Å². The van der Waals surface area contributed by atoms with Crippen molar-refractivity contribution < 1.29 is 35.5 Å². The van der Waals surface area contributed by atoms with Crippen molar-refractivity contribution in [3.63, 3.8) is 0 Å². The minimum atomic E-state index is -4.88. The SMILES string of the molecule is COc1ccc(CN(C)C(=O)[C@@H](C)NS(=O)(=O)c2ccccc2C(F)(F)F)cc1F. The molecule has 0 aromatic heterocycles. The van der Waals surface area contributed by atoms with Gasteiger partial charge in [0.2, 0.25) is 15.9 Å². The second-order valence-corrected chi connectivity index (χ2v) is 8.18. The molecule has 0 bridgehead atoms. The van der Waals surface area contributed by atoms with Crippen molar-refractivity contribution in [1.29, 1.82) is 0 Å². The predicted molar refractivity (Wildman–Crippen MR) is 101 cm³/mol. The Balaban J connectivity index is 2.16. The van der Waals surface area contributed by atoms with E-state index < -0.39 is 44.4 Å². The average molecular weight is 448 g/mol. The Morgan fingerprint density at radius 3 is 2.40 bits per heavy atom. The van der Waals surface area contributed by atoms with Gasteiger partial charge in [-0.25, -0.2) is 12.8 Å². The number of hydrogen-bond acceptors (Lipinski definition) is 4. The molecule has 164 valence electrons. The Kier molecular flexibility index (Phi) is 7.09. The van der Waals surface area contributed by atoms with Crippen LogP contribution in [0.3, 0.4) is 0 Å². The quantitative estimate of drug-likeness (QED) is 0.661. The van der Waals surface area contributed by atoms with Crippen LogP contribution in [0.5, 0.6) is 5.75 Å². The Morgan fingerprint density at radius 1 is 1.20 bits per heavy atom. The standard InChI is InChI=1S/C19H20F4N2O4S/c1-12(18(26)25(2)11-13-8-9-16(29-3)15(20)10-13)24-30(27,28)17-7-5-4-6-14(17)19(21,22)23/h4-10,12,24H,11H2,1-3H3/t12-/m1/s1. The van der Waals surface area contributed by atoms with Crippen LogP contribution in [-0.2, 0) is 27.5 Å². The lowest BCUT2D eigenvalue weighted by molar-refractivity contribution is -0.139. The molecule has 0 aliphatic rings. The van der Waals surface area contributed by atoms with Gasteiger partial charge in [0, 0.05) is 13.6 Å². The summed E-state index contributed by atoms with van der Waals surface area (Å²) in [6.07, 6.45) is -4.88. The van der Waals surface area contributed by atoms with Gasteiger partial charge >= 0.3 is 6.18 Å². The van der Waals surface area contributed by atoms with Gasteiger partial charge in [-0.3, -0.25) is 4.79 Å². The number of benzene rings is 2. The number of nitrogens with zero attached hydrogens (tertiary/aromatic N) is 1. The van der Waals surface area contributed by atoms with E-state index in [1.807, 2.05) is 4.72 Å². The third kappa shape index (κ3) is 5.48. The van der Waals surface area contributed by atoms with Crippen LogP contribution in [-0.4, -0.2) is 39.4 Å². The molecule has 0 heterocycles. The molecule has 2 aromatic rings. The van der Waals surface area contributed by atoms with Gasteiger partial charge in [0.25, 0.3) is 0 Å². The van der Waals surface area contributed by atoms with Crippen molar-refractivity contribution >= 4 is 15.9 Å². The lowest BCUT2D eigenvalue weighted by Crippen LogP contribution is -2.45. The summed E-state index contributed by atoms with van der Waals surface area (Å²) < 4.78 is 84.9. The minimum absolute atomic E-state index is 0.0252. The van der Waals surface area contributed by atoms with Crippen LogP contribution in [0.25, 0.3) is 0 Å². The van der Waals surface area contributed by atoms with Crippen molar-refractivity contribution in [2.45, 2.75) is 30.6 Å². The highest BCUT2D eigenvalue weighted by molar-refractivity contribution is 7.89. The molecular formula is C19H20F4N2O4S. The van der Waals surface area contributed by atoms with E-state index in [-0.39, 0.29) is 12.3 Å². The van der Waals surface area contributed by atoms with Crippen LogP contribution in [0.2, 0.25) is 0 Å². The number of likely N-dealkylation sites (N-methyl/N-ethyl adjacent to an activating group) is 1. The van der Waals surface area contributed by atoms with Gasteiger partial charge in [0.05, 0.1) is 23.6 Å². The fourth-order valence-corrected chi connectivity index (χ4v) is 4.20. The second kappa shape index (κ2) is 9.00. The van der Waals surface area contributed by atoms with Gasteiger partial charge in [-0.1, -0.05) is 18.2 Å². The number of methoxy groups -OCH3 is 1. The smallest absolute Gasteiger partial charge is 0.417 e. The van der Waals surface area contributed by atoms with Crippen LogP contribution in [0.4, 0.5) is 17.6 Å². The van der Waals surface area contributed by atoms with Crippen molar-refractivity contribution in [2.24, 2.45) is 0 Å². The van der Waals surface area contributed by atoms with Crippen molar-refractivity contribution in [1.82, 2.24) is 9.62 Å². The fourth-order valence-electron chi connectivity index (χ4n) is 2.77. The summed E-state index contributed by atoms with van der Waals surface area (Å²) in [7, 11) is -1.97. The Morgan fingerprint density at radius 2 is 1.83 bits per heavy atom. The van der Waals surface area contributed by atoms with E-state index >= 15 is 0 Å². The number of rotatable bonds is 7. The van der Waals surface area contributed by atoms with Crippen LogP contribution >= 0.6 is 0 Å². The van der Waals surface area contributed by atoms with Gasteiger partial charge in [-0.15, -0.1) is 0 Å². The van der Waals surface area contributed by atoms with Crippen LogP contribution in [0, 0.1) is 5.82 Å². The highest BCUT2D eigenvalue weighted by atomic mass is 32.2. The number of carbonyl (C=O) groups is 1. The number of nitrogens with one attached hydrogen (secondary N) is 1. The summed E-state index contributed by atoms with van der Waals surface area (Å²) in [4.78, 5) is 12.7. The number of hydrogen-bond donors (Lipinski definition) is 1. The maximum absolute atomic E-state index is 13.8. The molecule has 0 aliphatic heterocycles. The maximum Gasteiger partial charge on any atom is 0.417 e.